The summed E-state index contributed by atoms with van der Waals surface area (Å²) < 4.78 is 5.64. The number of hydrogen-bond donors (Lipinski definition) is 0. The van der Waals surface area contributed by atoms with E-state index in [2.05, 4.69) is 16.9 Å². The highest BCUT2D eigenvalue weighted by Gasteiger charge is 2.21. The van der Waals surface area contributed by atoms with E-state index >= 15 is 0 Å². The maximum Gasteiger partial charge on any atom is 0.147 e. The van der Waals surface area contributed by atoms with E-state index in [0.717, 1.165) is 13.0 Å². The van der Waals surface area contributed by atoms with Crippen molar-refractivity contribution in [2.75, 3.05) is 20.2 Å². The number of nitriles is 1. The topological polar surface area (TPSA) is 49.1 Å². The molecule has 1 aromatic heterocycles. The summed E-state index contributed by atoms with van der Waals surface area (Å²) in [5, 5.41) is 9.05. The number of rotatable bonds is 3. The van der Waals surface area contributed by atoms with Gasteiger partial charge in [0.1, 0.15) is 23.6 Å². The third-order valence-electron chi connectivity index (χ3n) is 3.05. The quantitative estimate of drug-likeness (QED) is 0.772. The Bertz CT molecular complexity index is 444. The molecule has 0 N–H and O–H groups in total. The van der Waals surface area contributed by atoms with Crippen LogP contribution in [0.4, 0.5) is 0 Å². The fraction of sp³-hybridized carbons (Fsp3) is 0.500. The first-order chi connectivity index (χ1) is 8.20. The van der Waals surface area contributed by atoms with E-state index in [1.54, 1.807) is 12.3 Å². The molecule has 17 heavy (non-hydrogen) atoms. The van der Waals surface area contributed by atoms with Crippen LogP contribution < -0.4 is 4.74 Å². The lowest BCUT2D eigenvalue weighted by Crippen LogP contribution is -2.30. The maximum absolute atomic E-state index is 8.83. The molecule has 0 aliphatic carbocycles. The van der Waals surface area contributed by atoms with Gasteiger partial charge in [-0.3, -0.25) is 0 Å². The monoisotopic (exact) mass is 251 g/mol. The molecular weight excluding hydrogens is 238 g/mol. The number of ether oxygens (including phenoxy) is 1. The molecule has 0 bridgehead atoms. The Labute approximate surface area is 106 Å². The van der Waals surface area contributed by atoms with Gasteiger partial charge < -0.3 is 9.64 Å². The highest BCUT2D eigenvalue weighted by Crippen LogP contribution is 2.20. The number of likely N-dealkylation sites (N-methyl/N-ethyl adjacent to an activating group) is 1. The van der Waals surface area contributed by atoms with Crippen LogP contribution in [-0.4, -0.2) is 36.1 Å². The van der Waals surface area contributed by atoms with Crippen LogP contribution in [0.2, 0.25) is 5.15 Å². The number of pyridine rings is 1. The lowest BCUT2D eigenvalue weighted by atomic mass is 10.2. The van der Waals surface area contributed by atoms with Crippen molar-refractivity contribution >= 4 is 11.6 Å². The van der Waals surface area contributed by atoms with Gasteiger partial charge in [0, 0.05) is 12.1 Å². The van der Waals surface area contributed by atoms with Crippen molar-refractivity contribution in [2.24, 2.45) is 0 Å². The molecule has 0 amide bonds. The highest BCUT2D eigenvalue weighted by atomic mass is 35.5. The fourth-order valence-electron chi connectivity index (χ4n) is 1.97. The van der Waals surface area contributed by atoms with E-state index in [1.165, 1.54) is 6.42 Å². The largest absolute Gasteiger partial charge is 0.490 e. The van der Waals surface area contributed by atoms with Crippen LogP contribution in [0.25, 0.3) is 0 Å². The molecule has 0 aromatic carbocycles. The Morgan fingerprint density at radius 2 is 2.53 bits per heavy atom. The van der Waals surface area contributed by atoms with Crippen LogP contribution in [0.15, 0.2) is 12.3 Å². The zero-order valence-electron chi connectivity index (χ0n) is 9.69. The molecule has 1 aromatic rings. The molecular formula is C12H14ClN3O. The van der Waals surface area contributed by atoms with Gasteiger partial charge in [0.15, 0.2) is 0 Å². The van der Waals surface area contributed by atoms with Gasteiger partial charge in [0.2, 0.25) is 0 Å². The Balaban J connectivity index is 1.97. The zero-order chi connectivity index (χ0) is 12.3. The van der Waals surface area contributed by atoms with Crippen LogP contribution in [0.3, 0.4) is 0 Å². The molecule has 5 heteroatoms. The summed E-state index contributed by atoms with van der Waals surface area (Å²) in [5.41, 5.74) is 0.351. The molecule has 4 nitrogen and oxygen atoms in total. The van der Waals surface area contributed by atoms with E-state index in [0.29, 0.717) is 24.0 Å². The SMILES string of the molecule is CN1CCC[C@H]1COc1cnc(Cl)c(C#N)c1. The normalized spacial score (nSPS) is 20.2. The molecule has 1 saturated heterocycles. The molecule has 1 aliphatic heterocycles. The lowest BCUT2D eigenvalue weighted by Gasteiger charge is -2.19. The maximum atomic E-state index is 8.83. The minimum absolute atomic E-state index is 0.220. The zero-order valence-corrected chi connectivity index (χ0v) is 10.4. The minimum Gasteiger partial charge on any atom is -0.490 e. The van der Waals surface area contributed by atoms with Gasteiger partial charge in [-0.2, -0.15) is 5.26 Å². The molecule has 0 saturated carbocycles. The molecule has 2 rings (SSSR count). The summed E-state index contributed by atoms with van der Waals surface area (Å²) in [5.74, 6) is 0.603. The summed E-state index contributed by atoms with van der Waals surface area (Å²) in [7, 11) is 2.10. The predicted octanol–water partition coefficient (Wildman–Crippen LogP) is 2.08. The van der Waals surface area contributed by atoms with E-state index in [-0.39, 0.29) is 5.15 Å². The van der Waals surface area contributed by atoms with Gasteiger partial charge in [-0.1, -0.05) is 11.6 Å². The third kappa shape index (κ3) is 2.87. The van der Waals surface area contributed by atoms with Gasteiger partial charge in [-0.25, -0.2) is 4.98 Å². The standard InChI is InChI=1S/C12H14ClN3O/c1-16-4-2-3-10(16)8-17-11-5-9(6-14)12(13)15-7-11/h5,7,10H,2-4,8H2,1H3/t10-/m0/s1. The van der Waals surface area contributed by atoms with E-state index in [4.69, 9.17) is 21.6 Å². The Kier molecular flexibility index (Phi) is 3.82. The summed E-state index contributed by atoms with van der Waals surface area (Å²) in [4.78, 5) is 6.20. The molecule has 1 fully saturated rings. The van der Waals surface area contributed by atoms with Crippen LogP contribution in [0.5, 0.6) is 5.75 Å². The first-order valence-corrected chi connectivity index (χ1v) is 5.97. The number of hydrogen-bond acceptors (Lipinski definition) is 4. The van der Waals surface area contributed by atoms with Gasteiger partial charge in [-0.05, 0) is 26.4 Å². The molecule has 0 spiro atoms. The Morgan fingerprint density at radius 3 is 3.18 bits per heavy atom. The lowest BCUT2D eigenvalue weighted by molar-refractivity contribution is 0.198. The van der Waals surface area contributed by atoms with Crippen molar-refractivity contribution in [3.63, 3.8) is 0 Å². The van der Waals surface area contributed by atoms with Crippen molar-refractivity contribution in [1.82, 2.24) is 9.88 Å². The first-order valence-electron chi connectivity index (χ1n) is 5.59. The van der Waals surface area contributed by atoms with E-state index in [1.807, 2.05) is 6.07 Å². The van der Waals surface area contributed by atoms with Crippen molar-refractivity contribution in [2.45, 2.75) is 18.9 Å². The average Bonchev–Trinajstić information content (AvgIpc) is 2.74. The van der Waals surface area contributed by atoms with Crippen molar-refractivity contribution in [3.05, 3.63) is 23.0 Å². The van der Waals surface area contributed by atoms with E-state index < -0.39 is 0 Å². The van der Waals surface area contributed by atoms with Crippen molar-refractivity contribution in [1.29, 1.82) is 5.26 Å². The average molecular weight is 252 g/mol. The molecule has 2 heterocycles. The Morgan fingerprint density at radius 1 is 1.71 bits per heavy atom. The van der Waals surface area contributed by atoms with Crippen LogP contribution in [0, 0.1) is 11.3 Å². The van der Waals surface area contributed by atoms with Crippen LogP contribution in [0.1, 0.15) is 18.4 Å². The number of nitrogens with zero attached hydrogens (tertiary/aromatic N) is 3. The number of halogens is 1. The Hall–Kier alpha value is -1.31. The molecule has 0 unspecified atom stereocenters. The van der Waals surface area contributed by atoms with Crippen LogP contribution in [-0.2, 0) is 0 Å². The summed E-state index contributed by atoms with van der Waals surface area (Å²) in [6.07, 6.45) is 3.92. The smallest absolute Gasteiger partial charge is 0.147 e. The van der Waals surface area contributed by atoms with Crippen molar-refractivity contribution in [3.8, 4) is 11.8 Å². The third-order valence-corrected chi connectivity index (χ3v) is 3.35. The van der Waals surface area contributed by atoms with E-state index in [9.17, 15) is 0 Å². The van der Waals surface area contributed by atoms with Gasteiger partial charge in [0.05, 0.1) is 11.8 Å². The van der Waals surface area contributed by atoms with Gasteiger partial charge in [-0.15, -0.1) is 0 Å². The molecule has 1 aliphatic rings. The highest BCUT2D eigenvalue weighted by molar-refractivity contribution is 6.30. The summed E-state index contributed by atoms with van der Waals surface area (Å²) >= 11 is 5.75. The van der Waals surface area contributed by atoms with Crippen LogP contribution >= 0.6 is 11.6 Å². The molecule has 0 radical (unpaired) electrons. The summed E-state index contributed by atoms with van der Waals surface area (Å²) in [6, 6.07) is 4.07. The minimum atomic E-state index is 0.220. The second kappa shape index (κ2) is 5.35. The second-order valence-electron chi connectivity index (χ2n) is 4.21. The fourth-order valence-corrected chi connectivity index (χ4v) is 2.11. The second-order valence-corrected chi connectivity index (χ2v) is 4.57. The molecule has 1 atom stereocenters. The van der Waals surface area contributed by atoms with Gasteiger partial charge >= 0.3 is 0 Å². The number of aromatic nitrogens is 1. The van der Waals surface area contributed by atoms with Gasteiger partial charge in [0.25, 0.3) is 0 Å². The molecule has 90 valence electrons. The number of likely N-dealkylation sites (tertiary alicyclic amines) is 1. The predicted molar refractivity (Wildman–Crippen MR) is 65.1 cm³/mol. The van der Waals surface area contributed by atoms with Crippen molar-refractivity contribution < 1.29 is 4.74 Å². The first kappa shape index (κ1) is 12.2. The summed E-state index contributed by atoms with van der Waals surface area (Å²) in [6.45, 7) is 1.75.